The van der Waals surface area contributed by atoms with Crippen LogP contribution in [-0.4, -0.2) is 33.4 Å². The lowest BCUT2D eigenvalue weighted by atomic mass is 10.2. The van der Waals surface area contributed by atoms with E-state index in [9.17, 15) is 13.2 Å². The largest absolute Gasteiger partial charge is 0.466 e. The fourth-order valence-corrected chi connectivity index (χ4v) is 1.81. The molecule has 5 nitrogen and oxygen atoms in total. The number of hydrogen-bond donors (Lipinski definition) is 0. The van der Waals surface area contributed by atoms with Crippen molar-refractivity contribution in [2.24, 2.45) is 0 Å². The van der Waals surface area contributed by atoms with Gasteiger partial charge in [0.05, 0.1) is 19.0 Å². The minimum absolute atomic E-state index is 0.260. The zero-order chi connectivity index (χ0) is 11.9. The van der Waals surface area contributed by atoms with Gasteiger partial charge in [-0.3, -0.25) is 8.98 Å². The summed E-state index contributed by atoms with van der Waals surface area (Å²) in [6.07, 6.45) is 2.00. The van der Waals surface area contributed by atoms with E-state index in [1.54, 1.807) is 13.8 Å². The lowest BCUT2D eigenvalue weighted by Gasteiger charge is -2.09. The molecule has 0 fully saturated rings. The van der Waals surface area contributed by atoms with Crippen LogP contribution in [0.25, 0.3) is 0 Å². The molecule has 6 heteroatoms. The molecule has 0 radical (unpaired) electrons. The Labute approximate surface area is 90.9 Å². The fourth-order valence-electron chi connectivity index (χ4n) is 1.11. The monoisotopic (exact) mass is 238 g/mol. The van der Waals surface area contributed by atoms with Crippen LogP contribution in [0.2, 0.25) is 0 Å². The van der Waals surface area contributed by atoms with Gasteiger partial charge in [-0.25, -0.2) is 0 Å². The first-order valence-corrected chi connectivity index (χ1v) is 6.70. The highest BCUT2D eigenvalue weighted by Crippen LogP contribution is 2.07. The van der Waals surface area contributed by atoms with E-state index in [0.717, 1.165) is 6.26 Å². The van der Waals surface area contributed by atoms with Crippen LogP contribution < -0.4 is 0 Å². The Morgan fingerprint density at radius 3 is 2.47 bits per heavy atom. The molecule has 0 N–H and O–H groups in total. The van der Waals surface area contributed by atoms with Crippen LogP contribution in [-0.2, 0) is 23.8 Å². The average Bonchev–Trinajstić information content (AvgIpc) is 2.00. The molecule has 15 heavy (non-hydrogen) atoms. The highest BCUT2D eigenvalue weighted by molar-refractivity contribution is 7.86. The maximum Gasteiger partial charge on any atom is 0.305 e. The Balaban J connectivity index is 3.64. The maximum absolute atomic E-state index is 10.9. The average molecular weight is 238 g/mol. The van der Waals surface area contributed by atoms with Gasteiger partial charge < -0.3 is 4.74 Å². The second kappa shape index (κ2) is 6.79. The molecule has 0 saturated carbocycles. The van der Waals surface area contributed by atoms with Gasteiger partial charge in [-0.1, -0.05) is 0 Å². The Hall–Kier alpha value is -0.620. The third-order valence-electron chi connectivity index (χ3n) is 1.64. The predicted molar refractivity (Wildman–Crippen MR) is 55.9 cm³/mol. The van der Waals surface area contributed by atoms with E-state index in [4.69, 9.17) is 8.92 Å². The van der Waals surface area contributed by atoms with Crippen LogP contribution in [0.15, 0.2) is 0 Å². The van der Waals surface area contributed by atoms with E-state index in [-0.39, 0.29) is 5.97 Å². The molecule has 0 aromatic heterocycles. The molecule has 0 rings (SSSR count). The van der Waals surface area contributed by atoms with Crippen LogP contribution in [0.1, 0.15) is 33.1 Å². The van der Waals surface area contributed by atoms with Crippen LogP contribution >= 0.6 is 0 Å². The fraction of sp³-hybridized carbons (Fsp3) is 0.889. The van der Waals surface area contributed by atoms with Crippen molar-refractivity contribution in [2.45, 2.75) is 39.2 Å². The molecule has 0 saturated heterocycles. The highest BCUT2D eigenvalue weighted by Gasteiger charge is 2.11. The van der Waals surface area contributed by atoms with Gasteiger partial charge in [0.25, 0.3) is 10.1 Å². The van der Waals surface area contributed by atoms with Gasteiger partial charge in [0.15, 0.2) is 0 Å². The number of esters is 1. The summed E-state index contributed by atoms with van der Waals surface area (Å²) in [6, 6.07) is 0. The number of rotatable bonds is 7. The van der Waals surface area contributed by atoms with Gasteiger partial charge in [0, 0.05) is 6.42 Å². The Kier molecular flexibility index (Phi) is 6.51. The zero-order valence-electron chi connectivity index (χ0n) is 9.36. The third-order valence-corrected chi connectivity index (χ3v) is 2.31. The molecule has 0 aliphatic carbocycles. The molecule has 0 aromatic rings. The number of ether oxygens (including phenoxy) is 1. The highest BCUT2D eigenvalue weighted by atomic mass is 32.2. The molecule has 90 valence electrons. The Morgan fingerprint density at radius 1 is 1.40 bits per heavy atom. The Bertz CT molecular complexity index is 283. The van der Waals surface area contributed by atoms with Gasteiger partial charge in [0.2, 0.25) is 0 Å². The first-order valence-electron chi connectivity index (χ1n) is 4.89. The SMILES string of the molecule is CCOC(=O)CCCC(C)OS(C)(=O)=O. The smallest absolute Gasteiger partial charge is 0.305 e. The van der Waals surface area contributed by atoms with Gasteiger partial charge in [0.1, 0.15) is 0 Å². The Morgan fingerprint density at radius 2 is 2.00 bits per heavy atom. The molecule has 1 atom stereocenters. The zero-order valence-corrected chi connectivity index (χ0v) is 10.2. The number of carbonyl (C=O) groups is 1. The summed E-state index contributed by atoms with van der Waals surface area (Å²) in [6.45, 7) is 3.77. The molecular weight excluding hydrogens is 220 g/mol. The van der Waals surface area contributed by atoms with Crippen molar-refractivity contribution in [3.05, 3.63) is 0 Å². The molecule has 0 aliphatic heterocycles. The molecule has 0 amide bonds. The first kappa shape index (κ1) is 14.4. The quantitative estimate of drug-likeness (QED) is 0.490. The summed E-state index contributed by atoms with van der Waals surface area (Å²) in [5.74, 6) is -0.260. The third kappa shape index (κ3) is 9.68. The van der Waals surface area contributed by atoms with Crippen molar-refractivity contribution in [3.8, 4) is 0 Å². The maximum atomic E-state index is 10.9. The van der Waals surface area contributed by atoms with Crippen molar-refractivity contribution in [1.82, 2.24) is 0 Å². The molecule has 0 aromatic carbocycles. The van der Waals surface area contributed by atoms with Crippen molar-refractivity contribution in [1.29, 1.82) is 0 Å². The van der Waals surface area contributed by atoms with Crippen molar-refractivity contribution < 1.29 is 22.1 Å². The van der Waals surface area contributed by atoms with Crippen molar-refractivity contribution in [3.63, 3.8) is 0 Å². The van der Waals surface area contributed by atoms with E-state index in [0.29, 0.717) is 25.9 Å². The standard InChI is InChI=1S/C9H18O5S/c1-4-13-9(10)7-5-6-8(2)14-15(3,11)12/h8H,4-7H2,1-3H3. The van der Waals surface area contributed by atoms with Crippen LogP contribution in [0.5, 0.6) is 0 Å². The molecular formula is C9H18O5S. The number of carbonyl (C=O) groups excluding carboxylic acids is 1. The summed E-state index contributed by atoms with van der Waals surface area (Å²) in [5, 5.41) is 0. The minimum atomic E-state index is -3.40. The molecule has 1 unspecified atom stereocenters. The van der Waals surface area contributed by atoms with Crippen molar-refractivity contribution in [2.75, 3.05) is 12.9 Å². The van der Waals surface area contributed by atoms with E-state index in [1.807, 2.05) is 0 Å². The lowest BCUT2D eigenvalue weighted by molar-refractivity contribution is -0.143. The van der Waals surface area contributed by atoms with E-state index in [2.05, 4.69) is 0 Å². The van der Waals surface area contributed by atoms with Crippen LogP contribution in [0.4, 0.5) is 0 Å². The summed E-state index contributed by atoms with van der Waals surface area (Å²) >= 11 is 0. The lowest BCUT2D eigenvalue weighted by Crippen LogP contribution is -2.14. The predicted octanol–water partition coefficient (Wildman–Crippen LogP) is 1.08. The first-order chi connectivity index (χ1) is 6.85. The van der Waals surface area contributed by atoms with Gasteiger partial charge in [-0.15, -0.1) is 0 Å². The van der Waals surface area contributed by atoms with Crippen molar-refractivity contribution >= 4 is 16.1 Å². The van der Waals surface area contributed by atoms with E-state index in [1.165, 1.54) is 0 Å². The van der Waals surface area contributed by atoms with Gasteiger partial charge >= 0.3 is 5.97 Å². The summed E-state index contributed by atoms with van der Waals surface area (Å²) in [4.78, 5) is 10.9. The van der Waals surface area contributed by atoms with Gasteiger partial charge in [-0.2, -0.15) is 8.42 Å². The van der Waals surface area contributed by atoms with Crippen LogP contribution in [0.3, 0.4) is 0 Å². The number of hydrogen-bond acceptors (Lipinski definition) is 5. The molecule has 0 heterocycles. The summed E-state index contributed by atoms with van der Waals surface area (Å²) in [5.41, 5.74) is 0. The minimum Gasteiger partial charge on any atom is -0.466 e. The van der Waals surface area contributed by atoms with E-state index < -0.39 is 16.2 Å². The van der Waals surface area contributed by atoms with Gasteiger partial charge in [-0.05, 0) is 26.7 Å². The normalized spacial score (nSPS) is 13.5. The second-order valence-electron chi connectivity index (χ2n) is 3.31. The summed E-state index contributed by atoms with van der Waals surface area (Å²) < 4.78 is 30.9. The second-order valence-corrected chi connectivity index (χ2v) is 4.91. The van der Waals surface area contributed by atoms with Crippen LogP contribution in [0, 0.1) is 0 Å². The topological polar surface area (TPSA) is 69.7 Å². The summed E-state index contributed by atoms with van der Waals surface area (Å²) in [7, 11) is -3.40. The molecule has 0 spiro atoms. The molecule has 0 bridgehead atoms. The molecule has 0 aliphatic rings. The van der Waals surface area contributed by atoms with E-state index >= 15 is 0 Å².